The first-order valence-electron chi connectivity index (χ1n) is 5.33. The number of anilines is 2. The molecule has 1 heterocycles. The molecule has 1 aliphatic rings. The number of hydrogen-bond donors (Lipinski definition) is 4. The van der Waals surface area contributed by atoms with E-state index in [1.54, 1.807) is 12.1 Å². The maximum atomic E-state index is 12.5. The van der Waals surface area contributed by atoms with Crippen molar-refractivity contribution in [2.24, 2.45) is 0 Å². The van der Waals surface area contributed by atoms with Crippen molar-refractivity contribution in [1.29, 1.82) is 0 Å². The van der Waals surface area contributed by atoms with Crippen LogP contribution in [-0.2, 0) is 9.84 Å². The van der Waals surface area contributed by atoms with Crippen molar-refractivity contribution >= 4 is 46.5 Å². The molecule has 0 spiro atoms. The van der Waals surface area contributed by atoms with Gasteiger partial charge in [-0.3, -0.25) is 0 Å². The molecule has 0 saturated heterocycles. The number of thiol groups is 2. The molecule has 0 fully saturated rings. The number of hydrogen-bond acceptors (Lipinski definition) is 6. The average molecular weight is 310 g/mol. The summed E-state index contributed by atoms with van der Waals surface area (Å²) in [5.74, 6) is 0. The van der Waals surface area contributed by atoms with Crippen LogP contribution in [0.4, 0.5) is 11.4 Å². The lowest BCUT2D eigenvalue weighted by molar-refractivity contribution is 0.598. The van der Waals surface area contributed by atoms with Crippen molar-refractivity contribution < 1.29 is 8.42 Å². The zero-order valence-corrected chi connectivity index (χ0v) is 12.2. The van der Waals surface area contributed by atoms with Crippen LogP contribution in [0.15, 0.2) is 43.8 Å². The normalized spacial score (nSPS) is 15.1. The minimum absolute atomic E-state index is 0.161. The zero-order chi connectivity index (χ0) is 13.9. The molecule has 0 radical (unpaired) electrons. The van der Waals surface area contributed by atoms with Crippen molar-refractivity contribution in [2.45, 2.75) is 19.6 Å². The van der Waals surface area contributed by atoms with Gasteiger partial charge >= 0.3 is 0 Å². The topological polar surface area (TPSA) is 86.2 Å². The highest BCUT2D eigenvalue weighted by Crippen LogP contribution is 2.49. The molecule has 0 atom stereocenters. The van der Waals surface area contributed by atoms with Gasteiger partial charge in [0.05, 0.1) is 9.79 Å². The lowest BCUT2D eigenvalue weighted by Crippen LogP contribution is -1.99. The van der Waals surface area contributed by atoms with E-state index >= 15 is 0 Å². The van der Waals surface area contributed by atoms with E-state index in [2.05, 4.69) is 25.3 Å². The van der Waals surface area contributed by atoms with Gasteiger partial charge in [-0.05, 0) is 18.2 Å². The Morgan fingerprint density at radius 3 is 2.32 bits per heavy atom. The van der Waals surface area contributed by atoms with E-state index in [1.807, 2.05) is 0 Å². The monoisotopic (exact) mass is 310 g/mol. The number of sulfone groups is 1. The van der Waals surface area contributed by atoms with Crippen LogP contribution in [0.1, 0.15) is 0 Å². The van der Waals surface area contributed by atoms with Crippen LogP contribution < -0.4 is 11.5 Å². The quantitative estimate of drug-likeness (QED) is 0.379. The Kier molecular flexibility index (Phi) is 2.57. The molecule has 1 aliphatic heterocycles. The molecule has 3 rings (SSSR count). The van der Waals surface area contributed by atoms with Crippen LogP contribution in [0.5, 0.6) is 0 Å². The lowest BCUT2D eigenvalue weighted by atomic mass is 10.0. The van der Waals surface area contributed by atoms with Gasteiger partial charge < -0.3 is 11.5 Å². The molecule has 0 aromatic heterocycles. The second-order valence-electron chi connectivity index (χ2n) is 4.30. The van der Waals surface area contributed by atoms with Crippen molar-refractivity contribution in [3.63, 3.8) is 0 Å². The molecule has 0 unspecified atom stereocenters. The van der Waals surface area contributed by atoms with Crippen LogP contribution in [0.25, 0.3) is 11.1 Å². The van der Waals surface area contributed by atoms with Crippen LogP contribution in [0.2, 0.25) is 0 Å². The number of nitrogen functional groups attached to an aromatic ring is 2. The van der Waals surface area contributed by atoms with Crippen LogP contribution in [0, 0.1) is 0 Å². The number of rotatable bonds is 0. The Morgan fingerprint density at radius 2 is 1.63 bits per heavy atom. The first-order chi connectivity index (χ1) is 8.84. The van der Waals surface area contributed by atoms with E-state index in [0.29, 0.717) is 26.6 Å². The molecule has 4 N–H and O–H groups in total. The van der Waals surface area contributed by atoms with E-state index in [0.717, 1.165) is 0 Å². The molecule has 19 heavy (non-hydrogen) atoms. The van der Waals surface area contributed by atoms with Crippen LogP contribution >= 0.6 is 25.3 Å². The van der Waals surface area contributed by atoms with Gasteiger partial charge in [0.1, 0.15) is 0 Å². The van der Waals surface area contributed by atoms with E-state index in [-0.39, 0.29) is 15.5 Å². The Bertz CT molecular complexity index is 829. The summed E-state index contributed by atoms with van der Waals surface area (Å²) in [6, 6.07) is 6.21. The third kappa shape index (κ3) is 1.58. The van der Waals surface area contributed by atoms with Gasteiger partial charge in [-0.15, -0.1) is 25.3 Å². The Balaban J connectivity index is 2.53. The van der Waals surface area contributed by atoms with Crippen molar-refractivity contribution in [3.8, 4) is 11.1 Å². The first-order valence-corrected chi connectivity index (χ1v) is 7.71. The summed E-state index contributed by atoms with van der Waals surface area (Å²) in [5, 5.41) is 0. The zero-order valence-electron chi connectivity index (χ0n) is 9.58. The summed E-state index contributed by atoms with van der Waals surface area (Å²) >= 11 is 8.61. The second kappa shape index (κ2) is 3.84. The molecule has 0 amide bonds. The molecule has 4 nitrogen and oxygen atoms in total. The highest BCUT2D eigenvalue weighted by Gasteiger charge is 2.35. The Labute approximate surface area is 121 Å². The average Bonchev–Trinajstić information content (AvgIpc) is 2.56. The summed E-state index contributed by atoms with van der Waals surface area (Å²) in [7, 11) is -3.59. The lowest BCUT2D eigenvalue weighted by Gasteiger charge is -2.08. The minimum Gasteiger partial charge on any atom is -0.399 e. The van der Waals surface area contributed by atoms with E-state index in [9.17, 15) is 8.42 Å². The van der Waals surface area contributed by atoms with Gasteiger partial charge in [-0.1, -0.05) is 6.07 Å². The summed E-state index contributed by atoms with van der Waals surface area (Å²) < 4.78 is 24.9. The molecular formula is C12H10N2O2S3. The first kappa shape index (κ1) is 12.7. The molecule has 7 heteroatoms. The molecule has 2 aromatic carbocycles. The van der Waals surface area contributed by atoms with Gasteiger partial charge in [-0.25, -0.2) is 8.42 Å². The van der Waals surface area contributed by atoms with Gasteiger partial charge in [0.25, 0.3) is 0 Å². The summed E-state index contributed by atoms with van der Waals surface area (Å²) in [5.41, 5.74) is 13.2. The number of nitrogens with two attached hydrogens (primary N) is 2. The Morgan fingerprint density at radius 1 is 0.947 bits per heavy atom. The highest BCUT2D eigenvalue weighted by molar-refractivity contribution is 7.92. The van der Waals surface area contributed by atoms with Crippen LogP contribution in [-0.4, -0.2) is 8.42 Å². The molecule has 0 aliphatic carbocycles. The van der Waals surface area contributed by atoms with Gasteiger partial charge in [0.2, 0.25) is 9.84 Å². The fourth-order valence-corrected chi connectivity index (χ4v) is 4.58. The SMILES string of the molecule is Nc1ccc2c(c1)S(=O)(=O)c1cc(N)c(S)c(S)c1-2. The molecule has 98 valence electrons. The van der Waals surface area contributed by atoms with E-state index < -0.39 is 9.84 Å². The van der Waals surface area contributed by atoms with Gasteiger partial charge in [0, 0.05) is 32.3 Å². The fraction of sp³-hybridized carbons (Fsp3) is 0. The summed E-state index contributed by atoms with van der Waals surface area (Å²) in [6.45, 7) is 0. The van der Waals surface area contributed by atoms with Gasteiger partial charge in [0.15, 0.2) is 0 Å². The van der Waals surface area contributed by atoms with Crippen LogP contribution in [0.3, 0.4) is 0 Å². The second-order valence-corrected chi connectivity index (χ2v) is 7.08. The van der Waals surface area contributed by atoms with Crippen molar-refractivity contribution in [1.82, 2.24) is 0 Å². The molecular weight excluding hydrogens is 300 g/mol. The molecule has 0 bridgehead atoms. The predicted octanol–water partition coefficient (Wildman–Crippen LogP) is 2.24. The molecule has 0 saturated carbocycles. The fourth-order valence-electron chi connectivity index (χ4n) is 2.21. The maximum absolute atomic E-state index is 12.5. The van der Waals surface area contributed by atoms with Crippen molar-refractivity contribution in [3.05, 3.63) is 24.3 Å². The van der Waals surface area contributed by atoms with Crippen molar-refractivity contribution in [2.75, 3.05) is 11.5 Å². The summed E-state index contributed by atoms with van der Waals surface area (Å²) in [4.78, 5) is 1.29. The number of fused-ring (bicyclic) bond motifs is 3. The smallest absolute Gasteiger partial charge is 0.208 e. The van der Waals surface area contributed by atoms with E-state index in [1.165, 1.54) is 12.1 Å². The standard InChI is InChI=1S/C12H10N2O2S3/c13-5-1-2-6-8(3-5)19(15,16)9-4-7(14)11(17)12(18)10(6)9/h1-4,17-18H,13-14H2. The van der Waals surface area contributed by atoms with Gasteiger partial charge in [-0.2, -0.15) is 0 Å². The maximum Gasteiger partial charge on any atom is 0.208 e. The minimum atomic E-state index is -3.59. The third-order valence-electron chi connectivity index (χ3n) is 3.12. The summed E-state index contributed by atoms with van der Waals surface area (Å²) in [6.07, 6.45) is 0. The molecule has 2 aromatic rings. The Hall–Kier alpha value is -1.31. The van der Waals surface area contributed by atoms with E-state index in [4.69, 9.17) is 11.5 Å². The number of benzene rings is 2. The highest BCUT2D eigenvalue weighted by atomic mass is 32.2. The predicted molar refractivity (Wildman–Crippen MR) is 80.7 cm³/mol. The third-order valence-corrected chi connectivity index (χ3v) is 6.04. The largest absolute Gasteiger partial charge is 0.399 e.